The third kappa shape index (κ3) is 4.48. The monoisotopic (exact) mass is 205 g/mol. The van der Waals surface area contributed by atoms with Crippen molar-refractivity contribution >= 4 is 0 Å². The van der Waals surface area contributed by atoms with Gasteiger partial charge in [0.2, 0.25) is 0 Å². The average molecular weight is 205 g/mol. The molecule has 0 saturated heterocycles. The van der Waals surface area contributed by atoms with Crippen molar-refractivity contribution in [3.05, 3.63) is 35.4 Å². The zero-order chi connectivity index (χ0) is 11.1. The fourth-order valence-electron chi connectivity index (χ4n) is 1.91. The van der Waals surface area contributed by atoms with Gasteiger partial charge in [0.15, 0.2) is 0 Å². The Labute approximate surface area is 93.7 Å². The molecule has 0 aromatic heterocycles. The van der Waals surface area contributed by atoms with Gasteiger partial charge in [0.05, 0.1) is 0 Å². The summed E-state index contributed by atoms with van der Waals surface area (Å²) in [5.41, 5.74) is 8.77. The van der Waals surface area contributed by atoms with E-state index in [-0.39, 0.29) is 6.04 Å². The molecule has 1 nitrogen and oxygen atoms in total. The van der Waals surface area contributed by atoms with Crippen LogP contribution in [-0.2, 0) is 12.8 Å². The molecule has 0 saturated carbocycles. The fraction of sp³-hybridized carbons (Fsp3) is 0.571. The predicted molar refractivity (Wildman–Crippen MR) is 67.0 cm³/mol. The van der Waals surface area contributed by atoms with Gasteiger partial charge in [-0.15, -0.1) is 0 Å². The Bertz CT molecular complexity index is 278. The summed E-state index contributed by atoms with van der Waals surface area (Å²) in [7, 11) is 0. The van der Waals surface area contributed by atoms with Crippen LogP contribution in [0.15, 0.2) is 24.3 Å². The van der Waals surface area contributed by atoms with Crippen LogP contribution in [0.25, 0.3) is 0 Å². The van der Waals surface area contributed by atoms with Crippen LogP contribution >= 0.6 is 0 Å². The number of benzene rings is 1. The second-order valence-electron chi connectivity index (χ2n) is 4.41. The van der Waals surface area contributed by atoms with Gasteiger partial charge >= 0.3 is 0 Å². The van der Waals surface area contributed by atoms with E-state index in [1.54, 1.807) is 0 Å². The summed E-state index contributed by atoms with van der Waals surface area (Å²) < 4.78 is 0. The van der Waals surface area contributed by atoms with E-state index in [1.165, 1.54) is 36.8 Å². The number of hydrogen-bond acceptors (Lipinski definition) is 1. The molecular weight excluding hydrogens is 182 g/mol. The van der Waals surface area contributed by atoms with E-state index in [1.807, 2.05) is 0 Å². The van der Waals surface area contributed by atoms with Crippen molar-refractivity contribution in [2.24, 2.45) is 5.73 Å². The molecule has 0 bridgehead atoms. The summed E-state index contributed by atoms with van der Waals surface area (Å²) in [5.74, 6) is 0. The smallest absolute Gasteiger partial charge is 0.00510 e. The molecule has 0 amide bonds. The molecule has 0 aliphatic carbocycles. The van der Waals surface area contributed by atoms with Gasteiger partial charge in [0.1, 0.15) is 0 Å². The molecule has 0 aliphatic rings. The maximum Gasteiger partial charge on any atom is 0.00510 e. The third-order valence-corrected chi connectivity index (χ3v) is 2.71. The molecule has 2 N–H and O–H groups in total. The van der Waals surface area contributed by atoms with E-state index in [0.717, 1.165) is 6.42 Å². The Morgan fingerprint density at radius 1 is 1.13 bits per heavy atom. The summed E-state index contributed by atoms with van der Waals surface area (Å²) in [6, 6.07) is 8.96. The van der Waals surface area contributed by atoms with E-state index in [2.05, 4.69) is 38.1 Å². The highest BCUT2D eigenvalue weighted by molar-refractivity contribution is 5.27. The van der Waals surface area contributed by atoms with Gasteiger partial charge in [-0.1, -0.05) is 44.0 Å². The zero-order valence-corrected chi connectivity index (χ0v) is 10.00. The van der Waals surface area contributed by atoms with Crippen LogP contribution in [-0.4, -0.2) is 6.04 Å². The highest BCUT2D eigenvalue weighted by atomic mass is 14.6. The maximum absolute atomic E-state index is 5.85. The van der Waals surface area contributed by atoms with Gasteiger partial charge in [-0.2, -0.15) is 0 Å². The lowest BCUT2D eigenvalue weighted by atomic mass is 9.97. The van der Waals surface area contributed by atoms with E-state index < -0.39 is 0 Å². The zero-order valence-electron chi connectivity index (χ0n) is 10.00. The predicted octanol–water partition coefficient (Wildman–Crippen LogP) is 3.31. The first-order valence-electron chi connectivity index (χ1n) is 6.06. The lowest BCUT2D eigenvalue weighted by Gasteiger charge is -2.11. The molecule has 0 radical (unpaired) electrons. The molecule has 1 rings (SSSR count). The molecular formula is C14H23N. The van der Waals surface area contributed by atoms with Crippen molar-refractivity contribution in [2.45, 2.75) is 52.0 Å². The molecule has 1 unspecified atom stereocenters. The molecule has 15 heavy (non-hydrogen) atoms. The van der Waals surface area contributed by atoms with E-state index in [0.29, 0.717) is 0 Å². The van der Waals surface area contributed by atoms with Crippen molar-refractivity contribution in [1.82, 2.24) is 0 Å². The van der Waals surface area contributed by atoms with Crippen molar-refractivity contribution < 1.29 is 0 Å². The molecule has 1 heteroatoms. The second-order valence-corrected chi connectivity index (χ2v) is 4.41. The minimum atomic E-state index is 0.261. The van der Waals surface area contributed by atoms with Gasteiger partial charge < -0.3 is 5.73 Å². The van der Waals surface area contributed by atoms with Crippen LogP contribution < -0.4 is 5.73 Å². The minimum Gasteiger partial charge on any atom is -0.328 e. The summed E-state index contributed by atoms with van der Waals surface area (Å²) in [6.45, 7) is 4.32. The number of unbranched alkanes of at least 4 members (excludes halogenated alkanes) is 2. The first-order valence-corrected chi connectivity index (χ1v) is 6.06. The normalized spacial score (nSPS) is 12.7. The standard InChI is InChI=1S/C14H23N/c1-3-4-5-8-13-9-6-7-10-14(13)11-12(2)15/h6-7,9-10,12H,3-5,8,11,15H2,1-2H3. The molecule has 0 fully saturated rings. The minimum absolute atomic E-state index is 0.261. The Morgan fingerprint density at radius 2 is 1.80 bits per heavy atom. The SMILES string of the molecule is CCCCCc1ccccc1CC(C)N. The molecule has 1 aromatic rings. The molecule has 0 aliphatic heterocycles. The topological polar surface area (TPSA) is 26.0 Å². The Kier molecular flexibility index (Phi) is 5.41. The number of aryl methyl sites for hydroxylation is 1. The van der Waals surface area contributed by atoms with Crippen LogP contribution in [0.2, 0.25) is 0 Å². The third-order valence-electron chi connectivity index (χ3n) is 2.71. The summed E-state index contributed by atoms with van der Waals surface area (Å²) in [4.78, 5) is 0. The largest absolute Gasteiger partial charge is 0.328 e. The first kappa shape index (κ1) is 12.3. The van der Waals surface area contributed by atoms with E-state index >= 15 is 0 Å². The van der Waals surface area contributed by atoms with Crippen LogP contribution in [0.3, 0.4) is 0 Å². The second kappa shape index (κ2) is 6.62. The quantitative estimate of drug-likeness (QED) is 0.708. The van der Waals surface area contributed by atoms with Crippen LogP contribution in [0.5, 0.6) is 0 Å². The molecule has 1 atom stereocenters. The van der Waals surface area contributed by atoms with Crippen LogP contribution in [0, 0.1) is 0 Å². The van der Waals surface area contributed by atoms with Crippen LogP contribution in [0.1, 0.15) is 44.2 Å². The Hall–Kier alpha value is -0.820. The van der Waals surface area contributed by atoms with Crippen LogP contribution in [0.4, 0.5) is 0 Å². The maximum atomic E-state index is 5.85. The summed E-state index contributed by atoms with van der Waals surface area (Å²) in [5, 5.41) is 0. The average Bonchev–Trinajstić information content (AvgIpc) is 2.20. The van der Waals surface area contributed by atoms with E-state index in [4.69, 9.17) is 5.73 Å². The summed E-state index contributed by atoms with van der Waals surface area (Å²) in [6.07, 6.45) is 6.12. The van der Waals surface area contributed by atoms with Crippen molar-refractivity contribution in [2.75, 3.05) is 0 Å². The number of hydrogen-bond donors (Lipinski definition) is 1. The Morgan fingerprint density at radius 3 is 2.40 bits per heavy atom. The molecule has 84 valence electrons. The Balaban J connectivity index is 2.60. The lowest BCUT2D eigenvalue weighted by molar-refractivity contribution is 0.697. The van der Waals surface area contributed by atoms with Gasteiger partial charge in [-0.25, -0.2) is 0 Å². The fourth-order valence-corrected chi connectivity index (χ4v) is 1.91. The summed E-state index contributed by atoms with van der Waals surface area (Å²) >= 11 is 0. The van der Waals surface area contributed by atoms with Gasteiger partial charge in [0.25, 0.3) is 0 Å². The van der Waals surface area contributed by atoms with Gasteiger partial charge in [0, 0.05) is 6.04 Å². The van der Waals surface area contributed by atoms with Gasteiger partial charge in [-0.3, -0.25) is 0 Å². The first-order chi connectivity index (χ1) is 7.24. The van der Waals surface area contributed by atoms with Crippen molar-refractivity contribution in [1.29, 1.82) is 0 Å². The highest BCUT2D eigenvalue weighted by Gasteiger charge is 2.03. The number of nitrogens with two attached hydrogens (primary N) is 1. The van der Waals surface area contributed by atoms with Crippen molar-refractivity contribution in [3.8, 4) is 0 Å². The molecule has 0 heterocycles. The molecule has 0 spiro atoms. The lowest BCUT2D eigenvalue weighted by Crippen LogP contribution is -2.18. The van der Waals surface area contributed by atoms with Gasteiger partial charge in [-0.05, 0) is 37.3 Å². The molecule has 1 aromatic carbocycles. The van der Waals surface area contributed by atoms with Crippen molar-refractivity contribution in [3.63, 3.8) is 0 Å². The highest BCUT2D eigenvalue weighted by Crippen LogP contribution is 2.14. The number of rotatable bonds is 6. The van der Waals surface area contributed by atoms with E-state index in [9.17, 15) is 0 Å².